The zero-order valence-corrected chi connectivity index (χ0v) is 40.0. The number of phosphoric acid groups is 1. The number of aliphatic hydroxyl groups excluding tert-OH is 5. The first-order chi connectivity index (χ1) is 30.4. The van der Waals surface area contributed by atoms with E-state index in [-0.39, 0.29) is 12.8 Å². The van der Waals surface area contributed by atoms with E-state index in [4.69, 9.17) is 18.5 Å². The summed E-state index contributed by atoms with van der Waals surface area (Å²) in [7, 11) is -5.12. The van der Waals surface area contributed by atoms with Crippen LogP contribution in [0.4, 0.5) is 0 Å². The molecule has 13 nitrogen and oxygen atoms in total. The van der Waals surface area contributed by atoms with Crippen molar-refractivity contribution in [2.75, 3.05) is 13.2 Å². The highest BCUT2D eigenvalue weighted by atomic mass is 31.2. The van der Waals surface area contributed by atoms with Gasteiger partial charge in [-0.1, -0.05) is 159 Å². The molecule has 14 heteroatoms. The largest absolute Gasteiger partial charge is 0.472 e. The van der Waals surface area contributed by atoms with Gasteiger partial charge in [0.15, 0.2) is 6.10 Å². The second-order valence-electron chi connectivity index (χ2n) is 17.3. The Bertz CT molecular complexity index is 1240. The molecular weight excluding hydrogens is 828 g/mol. The van der Waals surface area contributed by atoms with Crippen molar-refractivity contribution in [1.29, 1.82) is 0 Å². The van der Waals surface area contributed by atoms with Crippen LogP contribution in [-0.2, 0) is 32.7 Å². The lowest BCUT2D eigenvalue weighted by atomic mass is 9.85. The van der Waals surface area contributed by atoms with Crippen LogP contribution >= 0.6 is 7.82 Å². The number of carbonyl (C=O) groups is 2. The Morgan fingerprint density at radius 2 is 0.857 bits per heavy atom. The second-order valence-corrected chi connectivity index (χ2v) is 18.7. The summed E-state index contributed by atoms with van der Waals surface area (Å²) < 4.78 is 33.6. The first-order valence-electron chi connectivity index (χ1n) is 24.8. The molecule has 0 saturated heterocycles. The van der Waals surface area contributed by atoms with E-state index >= 15 is 0 Å². The smallest absolute Gasteiger partial charge is 0.462 e. The quantitative estimate of drug-likeness (QED) is 0.0146. The molecule has 0 radical (unpaired) electrons. The molecule has 0 heterocycles. The molecule has 8 atom stereocenters. The van der Waals surface area contributed by atoms with Gasteiger partial charge >= 0.3 is 19.8 Å². The molecule has 63 heavy (non-hydrogen) atoms. The number of hydrogen-bond acceptors (Lipinski definition) is 12. The molecule has 1 aliphatic rings. The minimum Gasteiger partial charge on any atom is -0.462 e. The van der Waals surface area contributed by atoms with Gasteiger partial charge in [-0.15, -0.1) is 0 Å². The number of hydrogen-bond donors (Lipinski definition) is 6. The van der Waals surface area contributed by atoms with Crippen LogP contribution in [0.1, 0.15) is 206 Å². The molecule has 1 saturated carbocycles. The van der Waals surface area contributed by atoms with E-state index in [0.29, 0.717) is 12.8 Å². The fourth-order valence-corrected chi connectivity index (χ4v) is 8.40. The van der Waals surface area contributed by atoms with Crippen LogP contribution in [0.25, 0.3) is 0 Å². The Labute approximate surface area is 380 Å². The van der Waals surface area contributed by atoms with Crippen molar-refractivity contribution >= 4 is 19.8 Å². The van der Waals surface area contributed by atoms with Gasteiger partial charge in [0.1, 0.15) is 43.2 Å². The maximum atomic E-state index is 12.8. The molecule has 0 aromatic carbocycles. The molecule has 6 unspecified atom stereocenters. The van der Waals surface area contributed by atoms with E-state index in [9.17, 15) is 44.6 Å². The Morgan fingerprint density at radius 1 is 0.492 bits per heavy atom. The molecular formula is C49H89O13P. The summed E-state index contributed by atoms with van der Waals surface area (Å²) in [6.07, 6.45) is 31.9. The lowest BCUT2D eigenvalue weighted by Crippen LogP contribution is -2.64. The number of carbonyl (C=O) groups excluding carboxylic acids is 2. The molecule has 1 rings (SSSR count). The molecule has 6 N–H and O–H groups in total. The lowest BCUT2D eigenvalue weighted by Gasteiger charge is -2.41. The number of aliphatic hydroxyl groups is 5. The molecule has 1 aliphatic carbocycles. The Kier molecular flexibility index (Phi) is 36.8. The van der Waals surface area contributed by atoms with Gasteiger partial charge in [-0.2, -0.15) is 0 Å². The summed E-state index contributed by atoms with van der Waals surface area (Å²) in [5.41, 5.74) is 0. The van der Waals surface area contributed by atoms with E-state index in [1.54, 1.807) is 0 Å². The average Bonchev–Trinajstić information content (AvgIpc) is 3.26. The molecule has 1 fully saturated rings. The summed E-state index contributed by atoms with van der Waals surface area (Å²) in [6, 6.07) is 0. The Balaban J connectivity index is 2.43. The average molecular weight is 917 g/mol. The fourth-order valence-electron chi connectivity index (χ4n) is 7.43. The van der Waals surface area contributed by atoms with Gasteiger partial charge < -0.3 is 39.9 Å². The highest BCUT2D eigenvalue weighted by molar-refractivity contribution is 7.47. The van der Waals surface area contributed by atoms with E-state index in [1.165, 1.54) is 89.9 Å². The van der Waals surface area contributed by atoms with Crippen molar-refractivity contribution in [3.05, 3.63) is 36.5 Å². The highest BCUT2D eigenvalue weighted by Gasteiger charge is 2.51. The molecule has 0 spiro atoms. The predicted molar refractivity (Wildman–Crippen MR) is 249 cm³/mol. The van der Waals surface area contributed by atoms with Gasteiger partial charge in [-0.05, 0) is 70.6 Å². The lowest BCUT2D eigenvalue weighted by molar-refractivity contribution is -0.220. The fraction of sp³-hybridized carbons (Fsp3) is 0.837. The van der Waals surface area contributed by atoms with Crippen molar-refractivity contribution in [3.8, 4) is 0 Å². The van der Waals surface area contributed by atoms with Crippen LogP contribution in [0, 0.1) is 0 Å². The minimum atomic E-state index is -5.12. The van der Waals surface area contributed by atoms with Crippen LogP contribution in [0.15, 0.2) is 36.5 Å². The summed E-state index contributed by atoms with van der Waals surface area (Å²) in [5, 5.41) is 50.2. The van der Waals surface area contributed by atoms with Gasteiger partial charge in [0.05, 0.1) is 6.61 Å². The van der Waals surface area contributed by atoms with Gasteiger partial charge in [-0.25, -0.2) is 4.57 Å². The monoisotopic (exact) mass is 917 g/mol. The van der Waals surface area contributed by atoms with Crippen LogP contribution in [0.3, 0.4) is 0 Å². The molecule has 0 bridgehead atoms. The Morgan fingerprint density at radius 3 is 1.33 bits per heavy atom. The van der Waals surface area contributed by atoms with Crippen LogP contribution in [0.2, 0.25) is 0 Å². The standard InChI is InChI=1S/C49H89O13P/c1-3-5-7-9-11-13-15-17-19-20-21-22-24-26-28-30-32-34-36-38-43(51)61-41(40-60-63(57,58)62-49-47(55)45(53)44(52)46(54)48(49)56)39-59-42(50)37-35-33-31-29-27-25-23-18-16-14-12-10-8-6-4-2/h11,13,17-19,23,41,44-49,52-56H,3-10,12,14-16,20-22,24-40H2,1-2H3,(H,57,58)/b13-11+,19-17+,23-18+/t41-,44?,45-,46?,47?,48?,49?/m1/s1. The summed E-state index contributed by atoms with van der Waals surface area (Å²) in [5.74, 6) is -1.11. The molecule has 0 aromatic rings. The van der Waals surface area contributed by atoms with Crippen molar-refractivity contribution in [1.82, 2.24) is 0 Å². The van der Waals surface area contributed by atoms with Gasteiger partial charge in [0.2, 0.25) is 0 Å². The normalized spacial score (nSPS) is 22.0. The summed E-state index contributed by atoms with van der Waals surface area (Å²) >= 11 is 0. The van der Waals surface area contributed by atoms with Crippen molar-refractivity contribution in [2.24, 2.45) is 0 Å². The van der Waals surface area contributed by atoms with E-state index in [2.05, 4.69) is 50.3 Å². The van der Waals surface area contributed by atoms with Crippen LogP contribution < -0.4 is 0 Å². The minimum absolute atomic E-state index is 0.0907. The van der Waals surface area contributed by atoms with E-state index in [0.717, 1.165) is 77.0 Å². The zero-order chi connectivity index (χ0) is 46.4. The molecule has 0 aliphatic heterocycles. The third-order valence-electron chi connectivity index (χ3n) is 11.5. The van der Waals surface area contributed by atoms with Crippen molar-refractivity contribution in [2.45, 2.75) is 249 Å². The first kappa shape index (κ1) is 59.1. The van der Waals surface area contributed by atoms with E-state index in [1.807, 2.05) is 0 Å². The number of rotatable bonds is 41. The van der Waals surface area contributed by atoms with Gasteiger partial charge in [0, 0.05) is 12.8 Å². The van der Waals surface area contributed by atoms with Gasteiger partial charge in [0.25, 0.3) is 0 Å². The SMILES string of the molecule is CCCCC/C=C/C/C=C/CCCCCCCCCCCC(=O)O[C@H](COC(=O)CCCCCCC/C=C/CCCCCCCC)COP(=O)(O)OC1C(O)C(O)C(O)[C@@H](O)C1O. The van der Waals surface area contributed by atoms with Crippen LogP contribution in [0.5, 0.6) is 0 Å². The maximum absolute atomic E-state index is 12.8. The summed E-state index contributed by atoms with van der Waals surface area (Å²) in [4.78, 5) is 35.8. The third-order valence-corrected chi connectivity index (χ3v) is 12.4. The number of ether oxygens (including phenoxy) is 2. The van der Waals surface area contributed by atoms with Gasteiger partial charge in [-0.3, -0.25) is 18.6 Å². The van der Waals surface area contributed by atoms with E-state index < -0.39 is 75.7 Å². The van der Waals surface area contributed by atoms with Crippen molar-refractivity contribution < 1.29 is 63.1 Å². The number of phosphoric ester groups is 1. The zero-order valence-electron chi connectivity index (χ0n) is 39.1. The molecule has 368 valence electrons. The number of esters is 2. The second kappa shape index (κ2) is 39.3. The number of allylic oxidation sites excluding steroid dienone is 6. The predicted octanol–water partition coefficient (Wildman–Crippen LogP) is 10.2. The number of unbranched alkanes of at least 4 members (excludes halogenated alkanes) is 23. The third kappa shape index (κ3) is 31.6. The topological polar surface area (TPSA) is 210 Å². The summed E-state index contributed by atoms with van der Waals surface area (Å²) in [6.45, 7) is 3.27. The maximum Gasteiger partial charge on any atom is 0.472 e. The highest BCUT2D eigenvalue weighted by Crippen LogP contribution is 2.47. The van der Waals surface area contributed by atoms with Crippen LogP contribution in [-0.4, -0.2) is 98.3 Å². The van der Waals surface area contributed by atoms with Crippen molar-refractivity contribution in [3.63, 3.8) is 0 Å². The first-order valence-corrected chi connectivity index (χ1v) is 26.3. The Hall–Kier alpha value is -1.93. The molecule has 0 aromatic heterocycles. The molecule has 0 amide bonds.